The Bertz CT molecular complexity index is 516. The molecule has 0 radical (unpaired) electrons. The first-order valence-corrected chi connectivity index (χ1v) is 6.97. The number of hydrogen-bond acceptors (Lipinski definition) is 5. The van der Waals surface area contributed by atoms with Gasteiger partial charge in [0.1, 0.15) is 5.69 Å². The first-order chi connectivity index (χ1) is 9.92. The average molecular weight is 294 g/mol. The number of Topliss-reactive ketones (excluding diaryl/α,β-unsaturated/α-hetero) is 1. The van der Waals surface area contributed by atoms with Gasteiger partial charge in [0, 0.05) is 31.3 Å². The number of nitrogens with zero attached hydrogens (tertiary/aromatic N) is 2. The zero-order chi connectivity index (χ0) is 16.0. The van der Waals surface area contributed by atoms with Gasteiger partial charge >= 0.3 is 0 Å². The molecule has 0 N–H and O–H groups in total. The van der Waals surface area contributed by atoms with Crippen LogP contribution in [-0.4, -0.2) is 37.0 Å². The number of benzene rings is 1. The monoisotopic (exact) mass is 294 g/mol. The molecular formula is C15H22N2O4. The Balaban J connectivity index is 3.28. The minimum absolute atomic E-state index is 0.0425. The lowest BCUT2D eigenvalue weighted by molar-refractivity contribution is -0.384. The van der Waals surface area contributed by atoms with Gasteiger partial charge in [-0.05, 0) is 32.4 Å². The van der Waals surface area contributed by atoms with Crippen molar-refractivity contribution in [3.05, 3.63) is 33.9 Å². The topological polar surface area (TPSA) is 72.7 Å². The minimum Gasteiger partial charge on any atom is -0.383 e. The van der Waals surface area contributed by atoms with E-state index in [9.17, 15) is 14.9 Å². The number of ether oxygens (including phenoxy) is 1. The van der Waals surface area contributed by atoms with Crippen LogP contribution < -0.4 is 4.90 Å². The maximum atomic E-state index is 11.4. The quantitative estimate of drug-likeness (QED) is 0.418. The molecule has 1 aromatic rings. The zero-order valence-corrected chi connectivity index (χ0v) is 13.0. The first-order valence-electron chi connectivity index (χ1n) is 6.97. The highest BCUT2D eigenvalue weighted by molar-refractivity contribution is 5.95. The Morgan fingerprint density at radius 1 is 1.48 bits per heavy atom. The lowest BCUT2D eigenvalue weighted by Gasteiger charge is -2.30. The van der Waals surface area contributed by atoms with Crippen molar-refractivity contribution in [1.82, 2.24) is 0 Å². The Labute approximate surface area is 124 Å². The molecule has 0 bridgehead atoms. The lowest BCUT2D eigenvalue weighted by atomic mass is 10.1. The lowest BCUT2D eigenvalue weighted by Crippen LogP contribution is -2.35. The molecule has 0 heterocycles. The fourth-order valence-corrected chi connectivity index (χ4v) is 2.12. The molecule has 6 nitrogen and oxygen atoms in total. The van der Waals surface area contributed by atoms with Gasteiger partial charge in [0.05, 0.1) is 11.5 Å². The summed E-state index contributed by atoms with van der Waals surface area (Å²) >= 11 is 0. The van der Waals surface area contributed by atoms with Crippen LogP contribution in [0.1, 0.15) is 37.6 Å². The summed E-state index contributed by atoms with van der Waals surface area (Å²) in [6, 6.07) is 4.77. The summed E-state index contributed by atoms with van der Waals surface area (Å²) in [6.45, 7) is 6.48. The molecule has 0 aliphatic heterocycles. The van der Waals surface area contributed by atoms with Crippen LogP contribution in [0.2, 0.25) is 0 Å². The molecule has 1 aromatic carbocycles. The third-order valence-corrected chi connectivity index (χ3v) is 3.55. The van der Waals surface area contributed by atoms with E-state index >= 15 is 0 Å². The second kappa shape index (κ2) is 7.73. The highest BCUT2D eigenvalue weighted by Gasteiger charge is 2.23. The van der Waals surface area contributed by atoms with Crippen molar-refractivity contribution in [3.8, 4) is 0 Å². The fraction of sp³-hybridized carbons (Fsp3) is 0.533. The maximum absolute atomic E-state index is 11.4. The van der Waals surface area contributed by atoms with Gasteiger partial charge in [0.15, 0.2) is 5.78 Å². The number of anilines is 1. The largest absolute Gasteiger partial charge is 0.383 e. The number of ketones is 1. The summed E-state index contributed by atoms with van der Waals surface area (Å²) in [5, 5.41) is 11.3. The van der Waals surface area contributed by atoms with Gasteiger partial charge in [0.25, 0.3) is 5.69 Å². The predicted molar refractivity (Wildman–Crippen MR) is 82.1 cm³/mol. The first kappa shape index (κ1) is 17.1. The van der Waals surface area contributed by atoms with Crippen LogP contribution in [0.4, 0.5) is 11.4 Å². The molecule has 6 heteroatoms. The Morgan fingerprint density at radius 2 is 2.14 bits per heavy atom. The molecule has 1 rings (SSSR count). The van der Waals surface area contributed by atoms with Crippen molar-refractivity contribution in [2.24, 2.45) is 0 Å². The molecule has 0 aromatic heterocycles. The van der Waals surface area contributed by atoms with Gasteiger partial charge in [-0.3, -0.25) is 14.9 Å². The van der Waals surface area contributed by atoms with Gasteiger partial charge < -0.3 is 9.64 Å². The standard InChI is InChI=1S/C15H22N2O4/c1-5-11(2)16(8-9-21-4)14-7-6-13(12(3)18)10-15(14)17(19)20/h6-7,10-11H,5,8-9H2,1-4H3. The van der Waals surface area contributed by atoms with E-state index in [-0.39, 0.29) is 17.5 Å². The smallest absolute Gasteiger partial charge is 0.293 e. The van der Waals surface area contributed by atoms with Crippen LogP contribution in [0.5, 0.6) is 0 Å². The van der Waals surface area contributed by atoms with Crippen LogP contribution in [0.3, 0.4) is 0 Å². The molecule has 0 spiro atoms. The highest BCUT2D eigenvalue weighted by Crippen LogP contribution is 2.31. The average Bonchev–Trinajstić information content (AvgIpc) is 2.46. The summed E-state index contributed by atoms with van der Waals surface area (Å²) in [5.41, 5.74) is 0.830. The third kappa shape index (κ3) is 4.26. The van der Waals surface area contributed by atoms with E-state index in [0.29, 0.717) is 24.4 Å². The van der Waals surface area contributed by atoms with Gasteiger partial charge in [-0.2, -0.15) is 0 Å². The van der Waals surface area contributed by atoms with E-state index in [1.165, 1.54) is 13.0 Å². The molecule has 0 saturated heterocycles. The molecule has 0 fully saturated rings. The van der Waals surface area contributed by atoms with E-state index in [2.05, 4.69) is 0 Å². The number of methoxy groups -OCH3 is 1. The van der Waals surface area contributed by atoms with E-state index in [4.69, 9.17) is 4.74 Å². The van der Waals surface area contributed by atoms with Gasteiger partial charge in [-0.25, -0.2) is 0 Å². The van der Waals surface area contributed by atoms with Crippen molar-refractivity contribution >= 4 is 17.2 Å². The molecule has 0 aliphatic rings. The van der Waals surface area contributed by atoms with Gasteiger partial charge in [-0.15, -0.1) is 0 Å². The summed E-state index contributed by atoms with van der Waals surface area (Å²) in [5.74, 6) is -0.184. The number of rotatable bonds is 8. The molecule has 1 atom stereocenters. The molecule has 21 heavy (non-hydrogen) atoms. The third-order valence-electron chi connectivity index (χ3n) is 3.55. The zero-order valence-electron chi connectivity index (χ0n) is 13.0. The number of carbonyl (C=O) groups excluding carboxylic acids is 1. The van der Waals surface area contributed by atoms with E-state index in [0.717, 1.165) is 6.42 Å². The molecular weight excluding hydrogens is 272 g/mol. The Morgan fingerprint density at radius 3 is 2.62 bits per heavy atom. The van der Waals surface area contributed by atoms with Gasteiger partial charge in [0.2, 0.25) is 0 Å². The van der Waals surface area contributed by atoms with Crippen molar-refractivity contribution in [3.63, 3.8) is 0 Å². The molecule has 1 unspecified atom stereocenters. The number of nitro benzene ring substituents is 1. The molecule has 0 aliphatic carbocycles. The van der Waals surface area contributed by atoms with Crippen LogP contribution >= 0.6 is 0 Å². The second-order valence-electron chi connectivity index (χ2n) is 4.96. The molecule has 116 valence electrons. The van der Waals surface area contributed by atoms with Crippen LogP contribution in [-0.2, 0) is 4.74 Å². The summed E-state index contributed by atoms with van der Waals surface area (Å²) in [4.78, 5) is 24.2. The van der Waals surface area contributed by atoms with Crippen LogP contribution in [0, 0.1) is 10.1 Å². The van der Waals surface area contributed by atoms with Crippen LogP contribution in [0.15, 0.2) is 18.2 Å². The van der Waals surface area contributed by atoms with E-state index in [1.54, 1.807) is 19.2 Å². The van der Waals surface area contributed by atoms with E-state index in [1.807, 2.05) is 18.7 Å². The summed E-state index contributed by atoms with van der Waals surface area (Å²) in [6.07, 6.45) is 0.856. The predicted octanol–water partition coefficient (Wildman–Crippen LogP) is 3.05. The fourth-order valence-electron chi connectivity index (χ4n) is 2.12. The summed E-state index contributed by atoms with van der Waals surface area (Å²) in [7, 11) is 1.60. The minimum atomic E-state index is -0.441. The number of nitro groups is 1. The summed E-state index contributed by atoms with van der Waals surface area (Å²) < 4.78 is 5.09. The maximum Gasteiger partial charge on any atom is 0.293 e. The van der Waals surface area contributed by atoms with Crippen molar-refractivity contribution in [2.45, 2.75) is 33.2 Å². The van der Waals surface area contributed by atoms with Crippen molar-refractivity contribution < 1.29 is 14.5 Å². The highest BCUT2D eigenvalue weighted by atomic mass is 16.6. The normalized spacial score (nSPS) is 12.0. The van der Waals surface area contributed by atoms with Crippen molar-refractivity contribution in [2.75, 3.05) is 25.2 Å². The SMILES string of the molecule is CCC(C)N(CCOC)c1ccc(C(C)=O)cc1[N+](=O)[O-]. The molecule has 0 saturated carbocycles. The van der Waals surface area contributed by atoms with Crippen LogP contribution in [0.25, 0.3) is 0 Å². The molecule has 0 amide bonds. The Kier molecular flexibility index (Phi) is 6.30. The number of carbonyl (C=O) groups is 1. The second-order valence-corrected chi connectivity index (χ2v) is 4.96. The Hall–Kier alpha value is -1.95. The number of hydrogen-bond donors (Lipinski definition) is 0. The van der Waals surface area contributed by atoms with Gasteiger partial charge in [-0.1, -0.05) is 6.92 Å². The van der Waals surface area contributed by atoms with Crippen molar-refractivity contribution in [1.29, 1.82) is 0 Å². The van der Waals surface area contributed by atoms with E-state index < -0.39 is 4.92 Å².